The molecule has 0 bridgehead atoms. The fraction of sp³-hybridized carbons (Fsp3) is 0.609. The number of unbranched alkanes of at least 4 members (excludes halogenated alkanes) is 4. The van der Waals surface area contributed by atoms with Gasteiger partial charge in [-0.2, -0.15) is 0 Å². The molecule has 0 aromatic heterocycles. The van der Waals surface area contributed by atoms with E-state index in [2.05, 4.69) is 47.9 Å². The number of carbonyl (C=O) groups is 1. The maximum absolute atomic E-state index is 11.5. The van der Waals surface area contributed by atoms with Crippen LogP contribution >= 0.6 is 7.82 Å². The summed E-state index contributed by atoms with van der Waals surface area (Å²) in [5, 5.41) is 9.41. The number of hydrogen-bond donors (Lipinski definition) is 3. The molecule has 0 saturated carbocycles. The minimum atomic E-state index is -4.63. The minimum absolute atomic E-state index is 0.212. The molecular weight excluding hydrogens is 419 g/mol. The molecule has 1 unspecified atom stereocenters. The number of hydrogen-bond acceptors (Lipinski definition) is 5. The van der Waals surface area contributed by atoms with Gasteiger partial charge in [-0.05, 0) is 44.9 Å². The van der Waals surface area contributed by atoms with Gasteiger partial charge in [0.15, 0.2) is 0 Å². The molecule has 1 atom stereocenters. The number of phosphoric acid groups is 1. The monoisotopic (exact) mass is 458 g/mol. The maximum atomic E-state index is 11.5. The van der Waals surface area contributed by atoms with Gasteiger partial charge in [-0.3, -0.25) is 9.32 Å². The molecule has 0 aliphatic carbocycles. The number of esters is 1. The summed E-state index contributed by atoms with van der Waals surface area (Å²) in [5.74, 6) is -0.467. The molecule has 0 amide bonds. The average molecular weight is 459 g/mol. The Morgan fingerprint density at radius 2 is 1.35 bits per heavy atom. The number of aliphatic hydroxyl groups excluding tert-OH is 1. The zero-order valence-corrected chi connectivity index (χ0v) is 19.5. The Labute approximate surface area is 186 Å². The molecule has 0 heterocycles. The van der Waals surface area contributed by atoms with Crippen molar-refractivity contribution >= 4 is 13.8 Å². The number of phosphoric ester groups is 1. The van der Waals surface area contributed by atoms with Crippen LogP contribution in [0.1, 0.15) is 71.1 Å². The predicted molar refractivity (Wildman–Crippen MR) is 123 cm³/mol. The van der Waals surface area contributed by atoms with Gasteiger partial charge in [-0.25, -0.2) is 4.57 Å². The van der Waals surface area contributed by atoms with Crippen molar-refractivity contribution in [3.63, 3.8) is 0 Å². The summed E-state index contributed by atoms with van der Waals surface area (Å²) in [4.78, 5) is 28.6. The molecule has 0 aliphatic heterocycles. The molecule has 0 saturated heterocycles. The van der Waals surface area contributed by atoms with Crippen molar-refractivity contribution in [2.24, 2.45) is 0 Å². The molecule has 31 heavy (non-hydrogen) atoms. The zero-order valence-electron chi connectivity index (χ0n) is 18.6. The Balaban J connectivity index is 3.60. The normalized spacial score (nSPS) is 13.8. The van der Waals surface area contributed by atoms with Crippen molar-refractivity contribution in [3.05, 3.63) is 48.6 Å². The van der Waals surface area contributed by atoms with E-state index < -0.39 is 26.5 Å². The van der Waals surface area contributed by atoms with E-state index >= 15 is 0 Å². The van der Waals surface area contributed by atoms with Crippen molar-refractivity contribution in [2.75, 3.05) is 13.2 Å². The predicted octanol–water partition coefficient (Wildman–Crippen LogP) is 5.15. The zero-order chi connectivity index (χ0) is 23.2. The first-order chi connectivity index (χ1) is 14.8. The summed E-state index contributed by atoms with van der Waals surface area (Å²) < 4.78 is 19.5. The Hall–Kier alpha value is -1.50. The number of carbonyl (C=O) groups excluding carboxylic acids is 1. The second-order valence-electron chi connectivity index (χ2n) is 7.10. The van der Waals surface area contributed by atoms with Crippen LogP contribution in [-0.2, 0) is 18.6 Å². The SMILES string of the molecule is CCCCC/C=C\C/C=C\C/C=C\C/C=C\CCCC(=O)OCC(O)COP(=O)(O)O. The molecule has 0 radical (unpaired) electrons. The summed E-state index contributed by atoms with van der Waals surface area (Å²) in [7, 11) is -4.63. The van der Waals surface area contributed by atoms with Crippen LogP contribution in [0, 0.1) is 0 Å². The highest BCUT2D eigenvalue weighted by Gasteiger charge is 2.17. The van der Waals surface area contributed by atoms with Crippen LogP contribution < -0.4 is 0 Å². The molecule has 0 spiro atoms. The third-order valence-electron chi connectivity index (χ3n) is 4.08. The maximum Gasteiger partial charge on any atom is 0.469 e. The first-order valence-corrected chi connectivity index (χ1v) is 12.5. The fourth-order valence-electron chi connectivity index (χ4n) is 2.42. The van der Waals surface area contributed by atoms with E-state index in [4.69, 9.17) is 14.5 Å². The van der Waals surface area contributed by atoms with E-state index in [9.17, 15) is 14.5 Å². The lowest BCUT2D eigenvalue weighted by atomic mass is 10.2. The standard InChI is InChI=1S/C23H39O7P/c1-2-3-4-5-6-7-8-9-10-11-12-13-14-15-16-17-18-19-23(25)29-20-22(24)21-30-31(26,27)28/h6-7,9-10,12-13,15-16,22,24H,2-5,8,11,14,17-21H2,1H3,(H2,26,27,28)/b7-6-,10-9-,13-12-,16-15-. The highest BCUT2D eigenvalue weighted by atomic mass is 31.2. The molecule has 3 N–H and O–H groups in total. The minimum Gasteiger partial charge on any atom is -0.463 e. The first-order valence-electron chi connectivity index (χ1n) is 11.0. The summed E-state index contributed by atoms with van der Waals surface area (Å²) in [5.41, 5.74) is 0. The van der Waals surface area contributed by atoms with Crippen LogP contribution in [0.4, 0.5) is 0 Å². The number of rotatable bonds is 19. The topological polar surface area (TPSA) is 113 Å². The van der Waals surface area contributed by atoms with E-state index in [1.807, 2.05) is 12.2 Å². The molecule has 0 fully saturated rings. The van der Waals surface area contributed by atoms with Gasteiger partial charge in [0.25, 0.3) is 0 Å². The fourth-order valence-corrected chi connectivity index (χ4v) is 2.78. The van der Waals surface area contributed by atoms with E-state index in [1.165, 1.54) is 25.7 Å². The Morgan fingerprint density at radius 1 is 0.839 bits per heavy atom. The molecular formula is C23H39O7P. The van der Waals surface area contributed by atoms with Gasteiger partial charge in [0, 0.05) is 6.42 Å². The highest BCUT2D eigenvalue weighted by Crippen LogP contribution is 2.35. The smallest absolute Gasteiger partial charge is 0.463 e. The lowest BCUT2D eigenvalue weighted by Gasteiger charge is -2.12. The van der Waals surface area contributed by atoms with Gasteiger partial charge in [0.1, 0.15) is 12.7 Å². The lowest BCUT2D eigenvalue weighted by Crippen LogP contribution is -2.23. The van der Waals surface area contributed by atoms with E-state index in [1.54, 1.807) is 0 Å². The van der Waals surface area contributed by atoms with Crippen LogP contribution in [0.2, 0.25) is 0 Å². The lowest BCUT2D eigenvalue weighted by molar-refractivity contribution is -0.147. The van der Waals surface area contributed by atoms with Crippen molar-refractivity contribution in [2.45, 2.75) is 77.2 Å². The summed E-state index contributed by atoms with van der Waals surface area (Å²) >= 11 is 0. The van der Waals surface area contributed by atoms with Crippen molar-refractivity contribution in [1.29, 1.82) is 0 Å². The van der Waals surface area contributed by atoms with Crippen LogP contribution in [0.5, 0.6) is 0 Å². The quantitative estimate of drug-likeness (QED) is 0.106. The van der Waals surface area contributed by atoms with E-state index in [0.29, 0.717) is 6.42 Å². The van der Waals surface area contributed by atoms with Crippen LogP contribution in [0.3, 0.4) is 0 Å². The Kier molecular flexibility index (Phi) is 19.4. The molecule has 0 aliphatic rings. The van der Waals surface area contributed by atoms with Crippen LogP contribution in [-0.4, -0.2) is 40.2 Å². The Bertz CT molecular complexity index is 605. The molecule has 0 aromatic carbocycles. The number of allylic oxidation sites excluding steroid dienone is 8. The molecule has 178 valence electrons. The van der Waals surface area contributed by atoms with Gasteiger partial charge in [0.2, 0.25) is 0 Å². The second-order valence-corrected chi connectivity index (χ2v) is 8.34. The van der Waals surface area contributed by atoms with Crippen LogP contribution in [0.15, 0.2) is 48.6 Å². The molecule has 8 heteroatoms. The summed E-state index contributed by atoms with van der Waals surface area (Å²) in [6, 6.07) is 0. The third-order valence-corrected chi connectivity index (χ3v) is 4.57. The first kappa shape index (κ1) is 29.5. The van der Waals surface area contributed by atoms with Crippen LogP contribution in [0.25, 0.3) is 0 Å². The molecule has 0 aromatic rings. The summed E-state index contributed by atoms with van der Waals surface area (Å²) in [6.45, 7) is 1.26. The average Bonchev–Trinajstić information content (AvgIpc) is 2.72. The van der Waals surface area contributed by atoms with Gasteiger partial charge in [0.05, 0.1) is 6.61 Å². The third kappa shape index (κ3) is 24.6. The number of aliphatic hydroxyl groups is 1. The van der Waals surface area contributed by atoms with Gasteiger partial charge in [-0.15, -0.1) is 0 Å². The summed E-state index contributed by atoms with van der Waals surface area (Å²) in [6.07, 6.45) is 25.2. The van der Waals surface area contributed by atoms with E-state index in [-0.39, 0.29) is 13.0 Å². The van der Waals surface area contributed by atoms with Crippen molar-refractivity contribution in [3.8, 4) is 0 Å². The number of ether oxygens (including phenoxy) is 1. The molecule has 0 rings (SSSR count). The van der Waals surface area contributed by atoms with Gasteiger partial charge >= 0.3 is 13.8 Å². The Morgan fingerprint density at radius 3 is 1.87 bits per heavy atom. The van der Waals surface area contributed by atoms with Crippen molar-refractivity contribution < 1.29 is 33.5 Å². The van der Waals surface area contributed by atoms with E-state index in [0.717, 1.165) is 25.7 Å². The molecule has 7 nitrogen and oxygen atoms in total. The largest absolute Gasteiger partial charge is 0.469 e. The highest BCUT2D eigenvalue weighted by molar-refractivity contribution is 7.46. The van der Waals surface area contributed by atoms with Gasteiger partial charge in [-0.1, -0.05) is 68.4 Å². The van der Waals surface area contributed by atoms with Crippen molar-refractivity contribution in [1.82, 2.24) is 0 Å². The van der Waals surface area contributed by atoms with Gasteiger partial charge < -0.3 is 19.6 Å². The second kappa shape index (κ2) is 20.4.